The molecule has 222 valence electrons. The molecule has 6 rings (SSSR count). The first-order valence-corrected chi connectivity index (χ1v) is 14.3. The third kappa shape index (κ3) is 6.08. The van der Waals surface area contributed by atoms with Gasteiger partial charge in [-0.3, -0.25) is 9.59 Å². The normalized spacial score (nSPS) is 20.6. The van der Waals surface area contributed by atoms with Crippen LogP contribution < -0.4 is 0 Å². The zero-order chi connectivity index (χ0) is 30.8. The first-order chi connectivity index (χ1) is 21.3. The smallest absolute Gasteiger partial charge is 0.338 e. The molecule has 0 aliphatic carbocycles. The summed E-state index contributed by atoms with van der Waals surface area (Å²) in [6, 6.07) is 21.8. The summed E-state index contributed by atoms with van der Waals surface area (Å²) in [5.74, 6) is -1.14. The number of carbonyl (C=O) groups is 4. The Bertz CT molecular complexity index is 1690. The first-order valence-electron chi connectivity index (χ1n) is 14.3. The van der Waals surface area contributed by atoms with Crippen LogP contribution in [0, 0.1) is 0 Å². The topological polar surface area (TPSA) is 105 Å². The number of carbonyl (C=O) groups excluding carboxylic acids is 4. The minimum atomic E-state index is -0.651. The van der Waals surface area contributed by atoms with Crippen molar-refractivity contribution in [3.63, 3.8) is 0 Å². The molecule has 0 aromatic heterocycles. The highest BCUT2D eigenvalue weighted by molar-refractivity contribution is 5.98. The Kier molecular flexibility index (Phi) is 8.19. The van der Waals surface area contributed by atoms with Gasteiger partial charge in [-0.25, -0.2) is 9.59 Å². The van der Waals surface area contributed by atoms with Crippen LogP contribution in [0.15, 0.2) is 98.1 Å². The summed E-state index contributed by atoms with van der Waals surface area (Å²) in [5, 5.41) is 3.49. The van der Waals surface area contributed by atoms with E-state index in [0.717, 1.165) is 32.7 Å². The lowest BCUT2D eigenvalue weighted by molar-refractivity contribution is -0.114. The molecule has 2 aliphatic heterocycles. The number of esters is 2. The number of rotatable bonds is 10. The summed E-state index contributed by atoms with van der Waals surface area (Å²) in [6.07, 6.45) is 0.730. The maximum atomic E-state index is 13.0. The third-order valence-corrected chi connectivity index (χ3v) is 7.97. The number of allylic oxidation sites excluding steroid dienone is 2. The molecule has 2 saturated heterocycles. The summed E-state index contributed by atoms with van der Waals surface area (Å²) in [4.78, 5) is 49.4. The van der Waals surface area contributed by atoms with Gasteiger partial charge >= 0.3 is 11.9 Å². The molecule has 2 heterocycles. The minimum absolute atomic E-state index is 0.0596. The van der Waals surface area contributed by atoms with E-state index in [2.05, 4.69) is 13.2 Å². The van der Waals surface area contributed by atoms with Crippen LogP contribution in [-0.2, 0) is 41.4 Å². The van der Waals surface area contributed by atoms with Crippen molar-refractivity contribution in [1.82, 2.24) is 0 Å². The quantitative estimate of drug-likeness (QED) is 0.185. The number of ether oxygens (including phenoxy) is 4. The van der Waals surface area contributed by atoms with Gasteiger partial charge in [0.2, 0.25) is 0 Å². The van der Waals surface area contributed by atoms with Gasteiger partial charge < -0.3 is 18.9 Å². The fourth-order valence-corrected chi connectivity index (χ4v) is 5.65. The molecule has 2 aliphatic rings. The minimum Gasteiger partial charge on any atom is -0.453 e. The molecule has 4 aromatic rings. The molecule has 0 radical (unpaired) electrons. The van der Waals surface area contributed by atoms with Crippen molar-refractivity contribution in [1.29, 1.82) is 0 Å². The molecule has 44 heavy (non-hydrogen) atoms. The van der Waals surface area contributed by atoms with Crippen LogP contribution in [-0.4, -0.2) is 61.1 Å². The van der Waals surface area contributed by atoms with E-state index < -0.39 is 36.4 Å². The zero-order valence-electron chi connectivity index (χ0n) is 23.9. The average molecular weight is 591 g/mol. The molecular formula is C36H30O8. The van der Waals surface area contributed by atoms with Gasteiger partial charge in [0, 0.05) is 12.8 Å². The van der Waals surface area contributed by atoms with Gasteiger partial charge in [-0.2, -0.15) is 0 Å². The second-order valence-electron chi connectivity index (χ2n) is 11.0. The molecule has 4 aromatic carbocycles. The van der Waals surface area contributed by atoms with E-state index in [1.807, 2.05) is 48.5 Å². The number of ketones is 2. The van der Waals surface area contributed by atoms with Crippen molar-refractivity contribution in [2.45, 2.75) is 37.3 Å². The Labute approximate surface area is 253 Å². The van der Waals surface area contributed by atoms with Crippen LogP contribution >= 0.6 is 0 Å². The van der Waals surface area contributed by atoms with Crippen molar-refractivity contribution in [2.24, 2.45) is 0 Å². The van der Waals surface area contributed by atoms with Crippen LogP contribution in [0.5, 0.6) is 0 Å². The Morgan fingerprint density at radius 2 is 1.00 bits per heavy atom. The molecule has 8 heteroatoms. The lowest BCUT2D eigenvalue weighted by atomic mass is 10.0. The second-order valence-corrected chi connectivity index (χ2v) is 11.0. The Morgan fingerprint density at radius 3 is 1.41 bits per heavy atom. The van der Waals surface area contributed by atoms with E-state index in [1.165, 1.54) is 12.2 Å². The van der Waals surface area contributed by atoms with E-state index in [0.29, 0.717) is 11.1 Å². The first kappa shape index (κ1) is 29.2. The Balaban J connectivity index is 1.07. The predicted molar refractivity (Wildman–Crippen MR) is 164 cm³/mol. The van der Waals surface area contributed by atoms with Crippen LogP contribution in [0.2, 0.25) is 0 Å². The fourth-order valence-electron chi connectivity index (χ4n) is 5.65. The number of hydrogen-bond acceptors (Lipinski definition) is 8. The van der Waals surface area contributed by atoms with E-state index in [1.54, 1.807) is 24.3 Å². The SMILES string of the molecule is C=CC(=O)Cc1ccc2cc(C(=O)O[C@H]3COC4C3OC[C@H]4OC(=O)c3ccc4cc(CC(=O)C=C)ccc4c3)ccc2c1. The summed E-state index contributed by atoms with van der Waals surface area (Å²) in [5.41, 5.74) is 2.50. The van der Waals surface area contributed by atoms with E-state index >= 15 is 0 Å². The fraction of sp³-hybridized carbons (Fsp3) is 0.222. The lowest BCUT2D eigenvalue weighted by Crippen LogP contribution is -2.36. The second kappa shape index (κ2) is 12.4. The Morgan fingerprint density at radius 1 is 0.614 bits per heavy atom. The summed E-state index contributed by atoms with van der Waals surface area (Å²) < 4.78 is 23.3. The molecule has 4 atom stereocenters. The molecule has 8 nitrogen and oxygen atoms in total. The highest BCUT2D eigenvalue weighted by Crippen LogP contribution is 2.32. The van der Waals surface area contributed by atoms with Gasteiger partial charge in [0.25, 0.3) is 0 Å². The van der Waals surface area contributed by atoms with E-state index in [9.17, 15) is 19.2 Å². The standard InChI is InChI=1S/C36H30O8/c1-3-29(37)15-21-5-7-25-17-27(11-9-23(25)13-21)35(39)43-31-19-41-34-32(20-42-33(31)34)44-36(40)28-12-10-24-14-22(16-30(38)4-2)6-8-26(24)18-28/h3-14,17-18,31-34H,1-2,15-16,19-20H2/t31-,32+,33?,34?. The molecular weight excluding hydrogens is 560 g/mol. The molecule has 0 bridgehead atoms. The number of benzene rings is 4. The summed E-state index contributed by atoms with van der Waals surface area (Å²) >= 11 is 0. The van der Waals surface area contributed by atoms with Gasteiger partial charge in [-0.05, 0) is 69.1 Å². The molecule has 0 saturated carbocycles. The molecule has 2 fully saturated rings. The van der Waals surface area contributed by atoms with Gasteiger partial charge in [0.1, 0.15) is 12.2 Å². The molecule has 2 unspecified atom stereocenters. The van der Waals surface area contributed by atoms with Crippen LogP contribution in [0.3, 0.4) is 0 Å². The number of fused-ring (bicyclic) bond motifs is 3. The average Bonchev–Trinajstić information content (AvgIpc) is 3.63. The van der Waals surface area contributed by atoms with Crippen molar-refractivity contribution in [3.05, 3.63) is 120 Å². The van der Waals surface area contributed by atoms with Crippen molar-refractivity contribution in [3.8, 4) is 0 Å². The van der Waals surface area contributed by atoms with Crippen LogP contribution in [0.25, 0.3) is 21.5 Å². The highest BCUT2D eigenvalue weighted by atomic mass is 16.7. The van der Waals surface area contributed by atoms with Gasteiger partial charge in [0.05, 0.1) is 24.3 Å². The van der Waals surface area contributed by atoms with Crippen molar-refractivity contribution >= 4 is 45.0 Å². The summed E-state index contributed by atoms with van der Waals surface area (Å²) in [7, 11) is 0. The Hall–Kier alpha value is -4.92. The maximum absolute atomic E-state index is 13.0. The third-order valence-electron chi connectivity index (χ3n) is 7.97. The van der Waals surface area contributed by atoms with Gasteiger partial charge in [-0.15, -0.1) is 0 Å². The zero-order valence-corrected chi connectivity index (χ0v) is 23.9. The monoisotopic (exact) mass is 590 g/mol. The maximum Gasteiger partial charge on any atom is 0.338 e. The van der Waals surface area contributed by atoms with Crippen molar-refractivity contribution in [2.75, 3.05) is 13.2 Å². The summed E-state index contributed by atoms with van der Waals surface area (Å²) in [6.45, 7) is 7.26. The predicted octanol–water partition coefficient (Wildman–Crippen LogP) is 5.14. The molecule has 0 N–H and O–H groups in total. The largest absolute Gasteiger partial charge is 0.453 e. The highest BCUT2D eigenvalue weighted by Gasteiger charge is 2.51. The van der Waals surface area contributed by atoms with E-state index in [4.69, 9.17) is 18.9 Å². The van der Waals surface area contributed by atoms with Crippen LogP contribution in [0.4, 0.5) is 0 Å². The molecule has 0 spiro atoms. The van der Waals surface area contributed by atoms with Crippen LogP contribution in [0.1, 0.15) is 31.8 Å². The lowest BCUT2D eigenvalue weighted by Gasteiger charge is -2.17. The van der Waals surface area contributed by atoms with Gasteiger partial charge in [0.15, 0.2) is 23.8 Å². The molecule has 0 amide bonds. The van der Waals surface area contributed by atoms with Crippen molar-refractivity contribution < 1.29 is 38.1 Å². The van der Waals surface area contributed by atoms with Gasteiger partial charge in [-0.1, -0.05) is 61.7 Å². The van der Waals surface area contributed by atoms with E-state index in [-0.39, 0.29) is 37.6 Å². The number of hydrogen-bond donors (Lipinski definition) is 0.